The van der Waals surface area contributed by atoms with E-state index in [0.717, 1.165) is 0 Å². The Kier molecular flexibility index (Phi) is 6.52. The summed E-state index contributed by atoms with van der Waals surface area (Å²) in [6, 6.07) is 0. The van der Waals surface area contributed by atoms with E-state index in [9.17, 15) is 14.3 Å². The van der Waals surface area contributed by atoms with Gasteiger partial charge >= 0.3 is 0 Å². The Morgan fingerprint density at radius 2 is 2.08 bits per heavy atom. The Morgan fingerprint density at radius 1 is 1.46 bits per heavy atom. The quantitative estimate of drug-likeness (QED) is 0.471. The second kappa shape index (κ2) is 8.14. The summed E-state index contributed by atoms with van der Waals surface area (Å²) in [4.78, 5) is 17.7. The van der Waals surface area contributed by atoms with Crippen molar-refractivity contribution < 1.29 is 19.0 Å². The van der Waals surface area contributed by atoms with Crippen LogP contribution in [0.2, 0.25) is 0 Å². The number of aliphatic hydroxyl groups excluding tert-OH is 1. The maximum Gasteiger partial charge on any atom is 0.261 e. The topological polar surface area (TPSA) is 74.2 Å². The van der Waals surface area contributed by atoms with Gasteiger partial charge in [0.25, 0.3) is 5.91 Å². The van der Waals surface area contributed by atoms with Crippen LogP contribution in [0.25, 0.3) is 0 Å². The van der Waals surface area contributed by atoms with Crippen molar-refractivity contribution in [3.05, 3.63) is 59.1 Å². The number of nitrogens with zero attached hydrogens (tertiary/aromatic N) is 2. The van der Waals surface area contributed by atoms with Gasteiger partial charge in [0, 0.05) is 25.9 Å². The van der Waals surface area contributed by atoms with Gasteiger partial charge < -0.3 is 20.1 Å². The van der Waals surface area contributed by atoms with Crippen molar-refractivity contribution >= 4 is 11.8 Å². The van der Waals surface area contributed by atoms with Crippen molar-refractivity contribution in [1.29, 1.82) is 0 Å². The van der Waals surface area contributed by atoms with E-state index < -0.39 is 17.5 Å². The molecule has 1 aliphatic heterocycles. The van der Waals surface area contributed by atoms with E-state index in [1.807, 2.05) is 0 Å². The number of hydrogen-bond acceptors (Lipinski definition) is 5. The molecule has 0 unspecified atom stereocenters. The van der Waals surface area contributed by atoms with Crippen LogP contribution in [0.3, 0.4) is 0 Å². The molecule has 1 amide bonds. The Balaban J connectivity index is 3.08. The zero-order valence-electron chi connectivity index (χ0n) is 14.5. The molecule has 1 rings (SSSR count). The fourth-order valence-electron chi connectivity index (χ4n) is 1.97. The molecule has 0 saturated heterocycles. The monoisotopic (exact) mass is 335 g/mol. The van der Waals surface area contributed by atoms with Crippen LogP contribution >= 0.6 is 0 Å². The summed E-state index contributed by atoms with van der Waals surface area (Å²) in [5.41, 5.74) is 0.602. The van der Waals surface area contributed by atoms with Gasteiger partial charge in [-0.3, -0.25) is 9.79 Å². The number of ether oxygens (including phenoxy) is 1. The predicted molar refractivity (Wildman–Crippen MR) is 91.8 cm³/mol. The standard InChI is InChI=1S/C17H22FN3O3/c1-7-12(8-9-13(19-4)24-6)20-17(23)14-10(2)21(5)11(3)15(18)16(14)22/h7-9,22H,2H2,1,3-6H3,(H,20,23)/b9-8-,12-7?,19-13?. The first-order chi connectivity index (χ1) is 11.3. The molecule has 0 radical (unpaired) electrons. The Labute approximate surface area is 141 Å². The number of carbonyl (C=O) groups is 1. The van der Waals surface area contributed by atoms with Gasteiger partial charge in [-0.25, -0.2) is 4.39 Å². The van der Waals surface area contributed by atoms with Gasteiger partial charge in [0.05, 0.1) is 18.5 Å². The van der Waals surface area contributed by atoms with E-state index in [0.29, 0.717) is 11.6 Å². The summed E-state index contributed by atoms with van der Waals surface area (Å²) < 4.78 is 19.0. The van der Waals surface area contributed by atoms with Gasteiger partial charge in [0.1, 0.15) is 5.57 Å². The lowest BCUT2D eigenvalue weighted by Crippen LogP contribution is -2.32. The molecule has 24 heavy (non-hydrogen) atoms. The van der Waals surface area contributed by atoms with Crippen LogP contribution in [-0.2, 0) is 9.53 Å². The third kappa shape index (κ3) is 3.92. The second-order valence-corrected chi connectivity index (χ2v) is 4.93. The van der Waals surface area contributed by atoms with Crippen LogP contribution in [0.4, 0.5) is 4.39 Å². The lowest BCUT2D eigenvalue weighted by Gasteiger charge is -2.29. The fraction of sp³-hybridized carbons (Fsp3) is 0.294. The largest absolute Gasteiger partial charge is 0.504 e. The molecule has 2 N–H and O–H groups in total. The molecule has 0 aliphatic carbocycles. The Hall–Kier alpha value is -2.83. The summed E-state index contributed by atoms with van der Waals surface area (Å²) in [6.07, 6.45) is 4.78. The number of methoxy groups -OCH3 is 1. The maximum absolute atomic E-state index is 14.0. The predicted octanol–water partition coefficient (Wildman–Crippen LogP) is 2.71. The van der Waals surface area contributed by atoms with Gasteiger partial charge in [0.15, 0.2) is 11.6 Å². The summed E-state index contributed by atoms with van der Waals surface area (Å²) in [5, 5.41) is 12.6. The van der Waals surface area contributed by atoms with Crippen LogP contribution in [-0.4, -0.2) is 43.0 Å². The highest BCUT2D eigenvalue weighted by atomic mass is 19.1. The number of likely N-dealkylation sites (N-methyl/N-ethyl adjacent to an activating group) is 1. The van der Waals surface area contributed by atoms with E-state index in [1.54, 1.807) is 39.2 Å². The van der Waals surface area contributed by atoms with Crippen LogP contribution < -0.4 is 5.32 Å². The van der Waals surface area contributed by atoms with Crippen molar-refractivity contribution in [3.63, 3.8) is 0 Å². The Bertz CT molecular complexity index is 700. The molecule has 0 fully saturated rings. The molecule has 6 nitrogen and oxygen atoms in total. The Morgan fingerprint density at radius 3 is 2.58 bits per heavy atom. The van der Waals surface area contributed by atoms with Crippen LogP contribution in [0.15, 0.2) is 64.0 Å². The minimum Gasteiger partial charge on any atom is -0.504 e. The molecule has 0 aromatic rings. The number of amides is 1. The molecule has 0 atom stereocenters. The number of carbonyl (C=O) groups excluding carboxylic acids is 1. The van der Waals surface area contributed by atoms with E-state index in [1.165, 1.54) is 18.9 Å². The van der Waals surface area contributed by atoms with E-state index in [4.69, 9.17) is 4.74 Å². The second-order valence-electron chi connectivity index (χ2n) is 4.93. The molecular weight excluding hydrogens is 313 g/mol. The first kappa shape index (κ1) is 19.2. The number of hydrogen-bond donors (Lipinski definition) is 2. The summed E-state index contributed by atoms with van der Waals surface area (Å²) in [6.45, 7) is 6.94. The van der Waals surface area contributed by atoms with Crippen molar-refractivity contribution in [2.75, 3.05) is 21.2 Å². The first-order valence-corrected chi connectivity index (χ1v) is 7.17. The summed E-state index contributed by atoms with van der Waals surface area (Å²) >= 11 is 0. The molecule has 130 valence electrons. The molecule has 7 heteroatoms. The third-order valence-electron chi connectivity index (χ3n) is 3.59. The van der Waals surface area contributed by atoms with Crippen LogP contribution in [0.1, 0.15) is 13.8 Å². The minimum atomic E-state index is -0.854. The molecule has 0 bridgehead atoms. The van der Waals surface area contributed by atoms with E-state index in [-0.39, 0.29) is 17.0 Å². The molecule has 0 spiro atoms. The average Bonchev–Trinajstić information content (AvgIpc) is 2.58. The van der Waals surface area contributed by atoms with Gasteiger partial charge in [-0.15, -0.1) is 0 Å². The smallest absolute Gasteiger partial charge is 0.261 e. The van der Waals surface area contributed by atoms with Crippen molar-refractivity contribution in [1.82, 2.24) is 10.2 Å². The highest BCUT2D eigenvalue weighted by Gasteiger charge is 2.30. The number of nitrogens with one attached hydrogen (secondary N) is 1. The van der Waals surface area contributed by atoms with Crippen molar-refractivity contribution in [3.8, 4) is 0 Å². The average molecular weight is 335 g/mol. The van der Waals surface area contributed by atoms with Crippen molar-refractivity contribution in [2.45, 2.75) is 13.8 Å². The van der Waals surface area contributed by atoms with Crippen LogP contribution in [0.5, 0.6) is 0 Å². The number of aliphatic imine (C=N–C) groups is 1. The number of rotatable bonds is 4. The normalized spacial score (nSPS) is 17.1. The zero-order chi connectivity index (χ0) is 18.4. The number of allylic oxidation sites excluding steroid dienone is 4. The molecule has 1 aliphatic rings. The van der Waals surface area contributed by atoms with Gasteiger partial charge in [-0.1, -0.05) is 12.7 Å². The van der Waals surface area contributed by atoms with E-state index >= 15 is 0 Å². The number of halogens is 1. The molecule has 0 aromatic carbocycles. The van der Waals surface area contributed by atoms with Gasteiger partial charge in [-0.05, 0) is 19.9 Å². The van der Waals surface area contributed by atoms with Gasteiger partial charge in [0.2, 0.25) is 5.90 Å². The molecule has 1 heterocycles. The highest BCUT2D eigenvalue weighted by molar-refractivity contribution is 6.00. The molecule has 0 aromatic heterocycles. The molecule has 0 saturated carbocycles. The fourth-order valence-corrected chi connectivity index (χ4v) is 1.97. The maximum atomic E-state index is 14.0. The third-order valence-corrected chi connectivity index (χ3v) is 3.59. The lowest BCUT2D eigenvalue weighted by atomic mass is 10.0. The van der Waals surface area contributed by atoms with Gasteiger partial charge in [-0.2, -0.15) is 0 Å². The molecular formula is C17H22FN3O3. The first-order valence-electron chi connectivity index (χ1n) is 7.17. The van der Waals surface area contributed by atoms with Crippen LogP contribution in [0, 0.1) is 0 Å². The number of aliphatic hydroxyl groups is 1. The zero-order valence-corrected chi connectivity index (χ0v) is 14.5. The lowest BCUT2D eigenvalue weighted by molar-refractivity contribution is -0.116. The minimum absolute atomic E-state index is 0.184. The van der Waals surface area contributed by atoms with Crippen molar-refractivity contribution in [2.24, 2.45) is 4.99 Å². The van der Waals surface area contributed by atoms with E-state index in [2.05, 4.69) is 16.9 Å². The highest BCUT2D eigenvalue weighted by Crippen LogP contribution is 2.32. The summed E-state index contributed by atoms with van der Waals surface area (Å²) in [5.74, 6) is -1.87. The summed E-state index contributed by atoms with van der Waals surface area (Å²) in [7, 11) is 4.61. The SMILES string of the molecule is C=C1C(C(=O)NC(=CC)/C=C\C(=NC)OC)=C(O)C(F)=C(C)N1C.